The molecule has 0 aliphatic carbocycles. The Balaban J connectivity index is 2.77. The molecule has 3 heteroatoms. The van der Waals surface area contributed by atoms with Crippen LogP contribution in [0.2, 0.25) is 0 Å². The van der Waals surface area contributed by atoms with Crippen molar-refractivity contribution in [3.63, 3.8) is 0 Å². The predicted octanol–water partition coefficient (Wildman–Crippen LogP) is 2.12. The molecule has 90 valence electrons. The Kier molecular flexibility index (Phi) is 5.29. The first-order chi connectivity index (χ1) is 7.69. The van der Waals surface area contributed by atoms with E-state index < -0.39 is 0 Å². The molecular formula is C13H21NO2. The highest BCUT2D eigenvalue weighted by atomic mass is 16.5. The number of hydrogen-bond donors (Lipinski definition) is 2. The van der Waals surface area contributed by atoms with E-state index in [1.54, 1.807) is 14.0 Å². The molecule has 0 aliphatic rings. The highest BCUT2D eigenvalue weighted by molar-refractivity contribution is 5.35. The van der Waals surface area contributed by atoms with Crippen LogP contribution in [0, 0.1) is 0 Å². The molecule has 2 atom stereocenters. The molecule has 0 aliphatic heterocycles. The zero-order valence-electron chi connectivity index (χ0n) is 10.2. The summed E-state index contributed by atoms with van der Waals surface area (Å²) in [6.07, 6.45) is 0.636. The molecule has 0 bridgehead atoms. The molecule has 0 saturated heterocycles. The Labute approximate surface area is 97.4 Å². The molecule has 0 radical (unpaired) electrons. The summed E-state index contributed by atoms with van der Waals surface area (Å²) in [4.78, 5) is 0. The van der Waals surface area contributed by atoms with Crippen LogP contribution in [-0.4, -0.2) is 24.9 Å². The fourth-order valence-corrected chi connectivity index (χ4v) is 1.74. The second-order valence-corrected chi connectivity index (χ2v) is 3.96. The average Bonchev–Trinajstić information content (AvgIpc) is 2.30. The van der Waals surface area contributed by atoms with Gasteiger partial charge in [-0.05, 0) is 19.4 Å². The highest BCUT2D eigenvalue weighted by Crippen LogP contribution is 2.26. The summed E-state index contributed by atoms with van der Waals surface area (Å²) >= 11 is 0. The minimum Gasteiger partial charge on any atom is -0.496 e. The molecular weight excluding hydrogens is 202 g/mol. The number of methoxy groups -OCH3 is 1. The van der Waals surface area contributed by atoms with E-state index >= 15 is 0 Å². The maximum atomic E-state index is 9.28. The van der Waals surface area contributed by atoms with Crippen LogP contribution in [0.1, 0.15) is 31.9 Å². The zero-order chi connectivity index (χ0) is 12.0. The fraction of sp³-hybridized carbons (Fsp3) is 0.538. The third-order valence-electron chi connectivity index (χ3n) is 2.58. The fourth-order valence-electron chi connectivity index (χ4n) is 1.74. The molecule has 2 unspecified atom stereocenters. The van der Waals surface area contributed by atoms with Crippen molar-refractivity contribution in [3.05, 3.63) is 29.8 Å². The van der Waals surface area contributed by atoms with Gasteiger partial charge >= 0.3 is 0 Å². The number of ether oxygens (including phenoxy) is 1. The monoisotopic (exact) mass is 223 g/mol. The van der Waals surface area contributed by atoms with E-state index in [-0.39, 0.29) is 12.1 Å². The second kappa shape index (κ2) is 6.51. The number of nitrogens with one attached hydrogen (secondary N) is 1. The highest BCUT2D eigenvalue weighted by Gasteiger charge is 2.13. The van der Waals surface area contributed by atoms with Gasteiger partial charge in [-0.3, -0.25) is 0 Å². The van der Waals surface area contributed by atoms with Crippen molar-refractivity contribution in [1.82, 2.24) is 5.32 Å². The lowest BCUT2D eigenvalue weighted by atomic mass is 10.0. The summed E-state index contributed by atoms with van der Waals surface area (Å²) in [7, 11) is 1.68. The second-order valence-electron chi connectivity index (χ2n) is 3.96. The quantitative estimate of drug-likeness (QED) is 0.776. The smallest absolute Gasteiger partial charge is 0.123 e. The number of aliphatic hydroxyl groups is 1. The van der Waals surface area contributed by atoms with E-state index in [0.29, 0.717) is 6.54 Å². The molecule has 1 aromatic carbocycles. The molecule has 0 aromatic heterocycles. The van der Waals surface area contributed by atoms with Gasteiger partial charge in [0, 0.05) is 18.2 Å². The standard InChI is InChI=1S/C13H21NO2/c1-4-12(14-9-10(2)15)11-7-5-6-8-13(11)16-3/h5-8,10,12,14-15H,4,9H2,1-3H3. The summed E-state index contributed by atoms with van der Waals surface area (Å²) in [6, 6.07) is 8.21. The van der Waals surface area contributed by atoms with Crippen LogP contribution >= 0.6 is 0 Å². The van der Waals surface area contributed by atoms with Gasteiger partial charge in [-0.1, -0.05) is 25.1 Å². The average molecular weight is 223 g/mol. The van der Waals surface area contributed by atoms with E-state index in [9.17, 15) is 5.11 Å². The third kappa shape index (κ3) is 3.51. The van der Waals surface area contributed by atoms with Crippen LogP contribution in [0.3, 0.4) is 0 Å². The van der Waals surface area contributed by atoms with Crippen LogP contribution in [0.5, 0.6) is 5.75 Å². The lowest BCUT2D eigenvalue weighted by Crippen LogP contribution is -2.28. The number of para-hydroxylation sites is 1. The van der Waals surface area contributed by atoms with Gasteiger partial charge in [0.25, 0.3) is 0 Å². The topological polar surface area (TPSA) is 41.5 Å². The van der Waals surface area contributed by atoms with Crippen molar-refractivity contribution in [1.29, 1.82) is 0 Å². The Hall–Kier alpha value is -1.06. The maximum absolute atomic E-state index is 9.28. The largest absolute Gasteiger partial charge is 0.496 e. The summed E-state index contributed by atoms with van der Waals surface area (Å²) in [5.41, 5.74) is 1.15. The molecule has 0 heterocycles. The molecule has 2 N–H and O–H groups in total. The van der Waals surface area contributed by atoms with Gasteiger partial charge in [0.2, 0.25) is 0 Å². The summed E-state index contributed by atoms with van der Waals surface area (Å²) in [5, 5.41) is 12.6. The molecule has 0 amide bonds. The van der Waals surface area contributed by atoms with Gasteiger partial charge in [-0.2, -0.15) is 0 Å². The number of aliphatic hydroxyl groups excluding tert-OH is 1. The van der Waals surface area contributed by atoms with Gasteiger partial charge in [0.05, 0.1) is 13.2 Å². The van der Waals surface area contributed by atoms with Gasteiger partial charge in [0.1, 0.15) is 5.75 Å². The van der Waals surface area contributed by atoms with Crippen LogP contribution in [0.25, 0.3) is 0 Å². The molecule has 0 spiro atoms. The van der Waals surface area contributed by atoms with Crippen LogP contribution in [0.15, 0.2) is 24.3 Å². The molecule has 1 aromatic rings. The summed E-state index contributed by atoms with van der Waals surface area (Å²) in [6.45, 7) is 4.49. The van der Waals surface area contributed by atoms with Crippen LogP contribution in [-0.2, 0) is 0 Å². The Bertz CT molecular complexity index is 313. The normalized spacial score (nSPS) is 14.5. The minimum absolute atomic E-state index is 0.228. The summed E-state index contributed by atoms with van der Waals surface area (Å²) < 4.78 is 5.33. The lowest BCUT2D eigenvalue weighted by Gasteiger charge is -2.20. The number of rotatable bonds is 6. The predicted molar refractivity (Wildman–Crippen MR) is 65.7 cm³/mol. The van der Waals surface area contributed by atoms with E-state index in [1.165, 1.54) is 0 Å². The first kappa shape index (κ1) is 13.0. The molecule has 3 nitrogen and oxygen atoms in total. The molecule has 1 rings (SSSR count). The van der Waals surface area contributed by atoms with Gasteiger partial charge in [-0.15, -0.1) is 0 Å². The van der Waals surface area contributed by atoms with Gasteiger partial charge in [-0.25, -0.2) is 0 Å². The number of hydrogen-bond acceptors (Lipinski definition) is 3. The van der Waals surface area contributed by atoms with Crippen molar-refractivity contribution < 1.29 is 9.84 Å². The maximum Gasteiger partial charge on any atom is 0.123 e. The first-order valence-corrected chi connectivity index (χ1v) is 5.73. The zero-order valence-corrected chi connectivity index (χ0v) is 10.2. The van der Waals surface area contributed by atoms with Gasteiger partial charge in [0.15, 0.2) is 0 Å². The third-order valence-corrected chi connectivity index (χ3v) is 2.58. The Morgan fingerprint density at radius 1 is 1.38 bits per heavy atom. The Morgan fingerprint density at radius 2 is 2.06 bits per heavy atom. The van der Waals surface area contributed by atoms with Gasteiger partial charge < -0.3 is 15.2 Å². The van der Waals surface area contributed by atoms with Crippen molar-refractivity contribution >= 4 is 0 Å². The van der Waals surface area contributed by atoms with Crippen molar-refractivity contribution in [2.75, 3.05) is 13.7 Å². The Morgan fingerprint density at radius 3 is 2.62 bits per heavy atom. The van der Waals surface area contributed by atoms with Crippen molar-refractivity contribution in [3.8, 4) is 5.75 Å². The molecule has 0 fully saturated rings. The minimum atomic E-state index is -0.330. The van der Waals surface area contributed by atoms with Crippen LogP contribution < -0.4 is 10.1 Å². The van der Waals surface area contributed by atoms with Crippen molar-refractivity contribution in [2.24, 2.45) is 0 Å². The summed E-state index contributed by atoms with van der Waals surface area (Å²) in [5.74, 6) is 0.896. The number of benzene rings is 1. The van der Waals surface area contributed by atoms with Crippen molar-refractivity contribution in [2.45, 2.75) is 32.4 Å². The van der Waals surface area contributed by atoms with E-state index in [2.05, 4.69) is 18.3 Å². The first-order valence-electron chi connectivity index (χ1n) is 5.73. The van der Waals surface area contributed by atoms with E-state index in [4.69, 9.17) is 4.74 Å². The molecule has 16 heavy (non-hydrogen) atoms. The van der Waals surface area contributed by atoms with Crippen LogP contribution in [0.4, 0.5) is 0 Å². The molecule has 0 saturated carbocycles. The lowest BCUT2D eigenvalue weighted by molar-refractivity contribution is 0.185. The SMILES string of the molecule is CCC(NCC(C)O)c1ccccc1OC. The van der Waals surface area contributed by atoms with E-state index in [0.717, 1.165) is 17.7 Å². The van der Waals surface area contributed by atoms with E-state index in [1.807, 2.05) is 18.2 Å².